The second-order valence-corrected chi connectivity index (χ2v) is 8.98. The Labute approximate surface area is 152 Å². The second kappa shape index (κ2) is 9.98. The SMILES string of the molecule is CN=C(NCCCc1ccc(Br)cc1F)NC(C)CCS(C)(=O)=O. The average Bonchev–Trinajstić information content (AvgIpc) is 2.49. The zero-order chi connectivity index (χ0) is 18.2. The van der Waals surface area contributed by atoms with Gasteiger partial charge in [0.05, 0.1) is 5.75 Å². The van der Waals surface area contributed by atoms with E-state index in [9.17, 15) is 12.8 Å². The highest BCUT2D eigenvalue weighted by atomic mass is 79.9. The van der Waals surface area contributed by atoms with Crippen molar-refractivity contribution >= 4 is 31.7 Å². The van der Waals surface area contributed by atoms with Crippen LogP contribution in [-0.2, 0) is 16.3 Å². The number of rotatable bonds is 8. The topological polar surface area (TPSA) is 70.6 Å². The van der Waals surface area contributed by atoms with Crippen molar-refractivity contribution in [1.29, 1.82) is 0 Å². The summed E-state index contributed by atoms with van der Waals surface area (Å²) in [4.78, 5) is 4.11. The molecule has 2 N–H and O–H groups in total. The van der Waals surface area contributed by atoms with Crippen LogP contribution in [0.5, 0.6) is 0 Å². The maximum atomic E-state index is 13.7. The van der Waals surface area contributed by atoms with Crippen LogP contribution in [0.1, 0.15) is 25.3 Å². The van der Waals surface area contributed by atoms with Gasteiger partial charge in [-0.3, -0.25) is 4.99 Å². The zero-order valence-corrected chi connectivity index (χ0v) is 16.7. The van der Waals surface area contributed by atoms with Gasteiger partial charge in [0.1, 0.15) is 15.7 Å². The average molecular weight is 422 g/mol. The molecular weight excluding hydrogens is 397 g/mol. The third-order valence-electron chi connectivity index (χ3n) is 3.46. The number of hydrogen-bond acceptors (Lipinski definition) is 3. The molecule has 1 aromatic carbocycles. The quantitative estimate of drug-likeness (QED) is 0.384. The molecule has 0 saturated heterocycles. The van der Waals surface area contributed by atoms with Gasteiger partial charge in [0.2, 0.25) is 0 Å². The lowest BCUT2D eigenvalue weighted by atomic mass is 10.1. The molecular formula is C16H25BrFN3O2S. The van der Waals surface area contributed by atoms with Crippen LogP contribution in [0.15, 0.2) is 27.7 Å². The van der Waals surface area contributed by atoms with Crippen LogP contribution in [0.2, 0.25) is 0 Å². The summed E-state index contributed by atoms with van der Waals surface area (Å²) in [7, 11) is -1.30. The first-order valence-corrected chi connectivity index (χ1v) is 10.7. The van der Waals surface area contributed by atoms with Gasteiger partial charge in [-0.1, -0.05) is 22.0 Å². The molecule has 0 aliphatic rings. The van der Waals surface area contributed by atoms with E-state index in [1.54, 1.807) is 13.1 Å². The van der Waals surface area contributed by atoms with Gasteiger partial charge in [0.25, 0.3) is 0 Å². The molecule has 0 aliphatic heterocycles. The molecule has 0 heterocycles. The second-order valence-electron chi connectivity index (χ2n) is 5.80. The van der Waals surface area contributed by atoms with E-state index < -0.39 is 9.84 Å². The highest BCUT2D eigenvalue weighted by Crippen LogP contribution is 2.16. The first-order valence-electron chi connectivity index (χ1n) is 7.80. The Hall–Kier alpha value is -1.15. The Morgan fingerprint density at radius 1 is 1.42 bits per heavy atom. The number of benzene rings is 1. The summed E-state index contributed by atoms with van der Waals surface area (Å²) in [6, 6.07) is 5.07. The molecule has 136 valence electrons. The highest BCUT2D eigenvalue weighted by Gasteiger charge is 2.09. The fourth-order valence-electron chi connectivity index (χ4n) is 2.10. The third kappa shape index (κ3) is 8.63. The molecule has 1 rings (SSSR count). The highest BCUT2D eigenvalue weighted by molar-refractivity contribution is 9.10. The fourth-order valence-corrected chi connectivity index (χ4v) is 3.22. The predicted octanol–water partition coefficient (Wildman–Crippen LogP) is 2.51. The van der Waals surface area contributed by atoms with E-state index in [2.05, 4.69) is 31.6 Å². The number of nitrogens with one attached hydrogen (secondary N) is 2. The number of halogens is 2. The van der Waals surface area contributed by atoms with Crippen molar-refractivity contribution < 1.29 is 12.8 Å². The number of nitrogens with zero attached hydrogens (tertiary/aromatic N) is 1. The van der Waals surface area contributed by atoms with Crippen molar-refractivity contribution in [3.63, 3.8) is 0 Å². The molecule has 0 spiro atoms. The molecule has 0 amide bonds. The summed E-state index contributed by atoms with van der Waals surface area (Å²) in [5.41, 5.74) is 0.685. The van der Waals surface area contributed by atoms with Gasteiger partial charge in [-0.25, -0.2) is 12.8 Å². The molecule has 8 heteroatoms. The van der Waals surface area contributed by atoms with Gasteiger partial charge in [0.15, 0.2) is 5.96 Å². The van der Waals surface area contributed by atoms with Crippen molar-refractivity contribution in [2.75, 3.05) is 25.6 Å². The zero-order valence-electron chi connectivity index (χ0n) is 14.3. The molecule has 5 nitrogen and oxygen atoms in total. The molecule has 1 atom stereocenters. The van der Waals surface area contributed by atoms with Crippen LogP contribution >= 0.6 is 15.9 Å². The van der Waals surface area contributed by atoms with E-state index in [0.29, 0.717) is 30.9 Å². The van der Waals surface area contributed by atoms with E-state index in [-0.39, 0.29) is 17.6 Å². The van der Waals surface area contributed by atoms with E-state index >= 15 is 0 Å². The van der Waals surface area contributed by atoms with Crippen LogP contribution < -0.4 is 10.6 Å². The van der Waals surface area contributed by atoms with Gasteiger partial charge in [-0.05, 0) is 43.9 Å². The van der Waals surface area contributed by atoms with Crippen LogP contribution in [-0.4, -0.2) is 46.0 Å². The van der Waals surface area contributed by atoms with Crippen molar-refractivity contribution in [2.45, 2.75) is 32.2 Å². The number of hydrogen-bond donors (Lipinski definition) is 2. The summed E-state index contributed by atoms with van der Waals surface area (Å²) in [6.07, 6.45) is 3.14. The van der Waals surface area contributed by atoms with E-state index in [0.717, 1.165) is 10.9 Å². The monoisotopic (exact) mass is 421 g/mol. The summed E-state index contributed by atoms with van der Waals surface area (Å²) in [6.45, 7) is 2.56. The van der Waals surface area contributed by atoms with Crippen LogP contribution in [0.3, 0.4) is 0 Å². The number of guanidine groups is 1. The molecule has 0 aliphatic carbocycles. The van der Waals surface area contributed by atoms with Crippen molar-refractivity contribution in [3.8, 4) is 0 Å². The summed E-state index contributed by atoms with van der Waals surface area (Å²) in [5.74, 6) is 0.551. The molecule has 1 aromatic rings. The minimum Gasteiger partial charge on any atom is -0.356 e. The Balaban J connectivity index is 2.34. The predicted molar refractivity (Wildman–Crippen MR) is 101 cm³/mol. The first kappa shape index (κ1) is 20.9. The van der Waals surface area contributed by atoms with Gasteiger partial charge in [-0.15, -0.1) is 0 Å². The molecule has 1 unspecified atom stereocenters. The molecule has 0 radical (unpaired) electrons. The Morgan fingerprint density at radius 3 is 2.71 bits per heavy atom. The number of aryl methyl sites for hydroxylation is 1. The lowest BCUT2D eigenvalue weighted by Gasteiger charge is -2.17. The standard InChI is InChI=1S/C16H25BrFN3O2S/c1-12(8-10-24(3,22)23)21-16(19-2)20-9-4-5-13-6-7-14(17)11-15(13)18/h6-7,11-12H,4-5,8-10H2,1-3H3,(H2,19,20,21). The van der Waals surface area contributed by atoms with Crippen LogP contribution in [0.4, 0.5) is 4.39 Å². The summed E-state index contributed by atoms with van der Waals surface area (Å²) >= 11 is 3.24. The number of sulfone groups is 1. The maximum Gasteiger partial charge on any atom is 0.191 e. The summed E-state index contributed by atoms with van der Waals surface area (Å²) in [5, 5.41) is 6.31. The number of aliphatic imine (C=N–C) groups is 1. The maximum absolute atomic E-state index is 13.7. The first-order chi connectivity index (χ1) is 11.2. The largest absolute Gasteiger partial charge is 0.356 e. The normalized spacial score (nSPS) is 13.6. The van der Waals surface area contributed by atoms with Crippen LogP contribution in [0.25, 0.3) is 0 Å². The Bertz CT molecular complexity index is 665. The lowest BCUT2D eigenvalue weighted by Crippen LogP contribution is -2.43. The van der Waals surface area contributed by atoms with Crippen molar-refractivity contribution in [1.82, 2.24) is 10.6 Å². The Kier molecular flexibility index (Phi) is 8.69. The molecule has 0 bridgehead atoms. The fraction of sp³-hybridized carbons (Fsp3) is 0.562. The van der Waals surface area contributed by atoms with Crippen molar-refractivity contribution in [2.24, 2.45) is 4.99 Å². The lowest BCUT2D eigenvalue weighted by molar-refractivity contribution is 0.579. The molecule has 24 heavy (non-hydrogen) atoms. The minimum atomic E-state index is -2.96. The van der Waals surface area contributed by atoms with Gasteiger partial charge < -0.3 is 10.6 Å². The van der Waals surface area contributed by atoms with Crippen molar-refractivity contribution in [3.05, 3.63) is 34.1 Å². The molecule has 0 fully saturated rings. The third-order valence-corrected chi connectivity index (χ3v) is 4.93. The van der Waals surface area contributed by atoms with Gasteiger partial charge >= 0.3 is 0 Å². The minimum absolute atomic E-state index is 0.00478. The van der Waals surface area contributed by atoms with E-state index in [4.69, 9.17) is 0 Å². The molecule has 0 aromatic heterocycles. The van der Waals surface area contributed by atoms with Gasteiger partial charge in [-0.2, -0.15) is 0 Å². The Morgan fingerprint density at radius 2 is 2.12 bits per heavy atom. The summed E-state index contributed by atoms with van der Waals surface area (Å²) < 4.78 is 36.8. The van der Waals surface area contributed by atoms with E-state index in [1.807, 2.05) is 13.0 Å². The van der Waals surface area contributed by atoms with Crippen LogP contribution in [0, 0.1) is 5.82 Å². The van der Waals surface area contributed by atoms with Gasteiger partial charge in [0, 0.05) is 30.4 Å². The smallest absolute Gasteiger partial charge is 0.191 e. The van der Waals surface area contributed by atoms with E-state index in [1.165, 1.54) is 12.3 Å². The molecule has 0 saturated carbocycles.